The van der Waals surface area contributed by atoms with Crippen LogP contribution in [-0.4, -0.2) is 49.7 Å². The highest BCUT2D eigenvalue weighted by molar-refractivity contribution is 7.89. The Morgan fingerprint density at radius 1 is 0.970 bits per heavy atom. The maximum absolute atomic E-state index is 13.5. The number of fused-ring (bicyclic) bond motifs is 1. The van der Waals surface area contributed by atoms with Gasteiger partial charge in [0, 0.05) is 36.8 Å². The Labute approximate surface area is 196 Å². The van der Waals surface area contributed by atoms with Crippen LogP contribution in [0, 0.1) is 11.8 Å². The fourth-order valence-electron chi connectivity index (χ4n) is 5.72. The maximum Gasteiger partial charge on any atom is 0.243 e. The SMILES string of the molecule is C[C@@H]1Cc2cc(S(=O)(=O)N3CCC[C@H](C(=O)NC4CCCCC4)C3)ccc2N1C(=O)C1CC1. The summed E-state index contributed by atoms with van der Waals surface area (Å²) in [4.78, 5) is 27.7. The molecule has 7 nitrogen and oxygen atoms in total. The molecule has 0 unspecified atom stereocenters. The summed E-state index contributed by atoms with van der Waals surface area (Å²) in [5.74, 6) is 0.00178. The lowest BCUT2D eigenvalue weighted by molar-refractivity contribution is -0.127. The highest BCUT2D eigenvalue weighted by Gasteiger charge is 2.40. The van der Waals surface area contributed by atoms with E-state index in [9.17, 15) is 18.0 Å². The number of rotatable bonds is 5. The van der Waals surface area contributed by atoms with Gasteiger partial charge in [0.2, 0.25) is 21.8 Å². The highest BCUT2D eigenvalue weighted by atomic mass is 32.2. The molecule has 0 bridgehead atoms. The van der Waals surface area contributed by atoms with E-state index >= 15 is 0 Å². The van der Waals surface area contributed by atoms with Crippen molar-refractivity contribution in [2.75, 3.05) is 18.0 Å². The summed E-state index contributed by atoms with van der Waals surface area (Å²) in [5, 5.41) is 3.17. The van der Waals surface area contributed by atoms with E-state index in [1.165, 1.54) is 10.7 Å². The Morgan fingerprint density at radius 2 is 1.73 bits per heavy atom. The summed E-state index contributed by atoms with van der Waals surface area (Å²) < 4.78 is 28.4. The minimum Gasteiger partial charge on any atom is -0.353 e. The van der Waals surface area contributed by atoms with Gasteiger partial charge in [0.25, 0.3) is 0 Å². The Hall–Kier alpha value is -1.93. The molecule has 2 atom stereocenters. The standard InChI is InChI=1S/C25H35N3O4S/c1-17-14-20-15-22(11-12-23(20)28(17)25(30)18-9-10-18)33(31,32)27-13-5-6-19(16-27)24(29)26-21-7-3-2-4-8-21/h11-12,15,17-19,21H,2-10,13-14,16H2,1H3,(H,26,29)/t17-,19+/m1/s1. The number of carbonyl (C=O) groups excluding carboxylic acids is 2. The lowest BCUT2D eigenvalue weighted by atomic mass is 9.93. The van der Waals surface area contributed by atoms with Gasteiger partial charge in [-0.2, -0.15) is 4.31 Å². The zero-order valence-corrected chi connectivity index (χ0v) is 20.3. The highest BCUT2D eigenvalue weighted by Crippen LogP contribution is 2.40. The number of benzene rings is 1. The van der Waals surface area contributed by atoms with E-state index in [-0.39, 0.29) is 47.2 Å². The molecule has 1 N–H and O–H groups in total. The predicted molar refractivity (Wildman–Crippen MR) is 126 cm³/mol. The number of anilines is 1. The van der Waals surface area contributed by atoms with E-state index in [0.717, 1.165) is 56.2 Å². The van der Waals surface area contributed by atoms with E-state index in [1.54, 1.807) is 18.2 Å². The molecular formula is C25H35N3O4S. The Kier molecular flexibility index (Phi) is 6.25. The molecule has 0 spiro atoms. The van der Waals surface area contributed by atoms with E-state index in [2.05, 4.69) is 5.32 Å². The van der Waals surface area contributed by atoms with Crippen molar-refractivity contribution in [2.24, 2.45) is 11.8 Å². The first-order valence-electron chi connectivity index (χ1n) is 12.6. The van der Waals surface area contributed by atoms with Crippen molar-refractivity contribution < 1.29 is 18.0 Å². The van der Waals surface area contributed by atoms with Gasteiger partial charge in [-0.05, 0) is 75.6 Å². The largest absolute Gasteiger partial charge is 0.353 e. The van der Waals surface area contributed by atoms with Crippen LogP contribution in [0.15, 0.2) is 23.1 Å². The summed E-state index contributed by atoms with van der Waals surface area (Å²) in [7, 11) is -3.69. The number of amides is 2. The van der Waals surface area contributed by atoms with Gasteiger partial charge < -0.3 is 10.2 Å². The van der Waals surface area contributed by atoms with Gasteiger partial charge in [0.05, 0.1) is 10.8 Å². The molecule has 2 saturated carbocycles. The summed E-state index contributed by atoms with van der Waals surface area (Å²) in [5.41, 5.74) is 1.77. The fourth-order valence-corrected chi connectivity index (χ4v) is 7.30. The first-order valence-corrected chi connectivity index (χ1v) is 14.0. The monoisotopic (exact) mass is 473 g/mol. The number of sulfonamides is 1. The van der Waals surface area contributed by atoms with Crippen molar-refractivity contribution in [3.8, 4) is 0 Å². The van der Waals surface area contributed by atoms with Crippen LogP contribution < -0.4 is 10.2 Å². The molecule has 1 aromatic rings. The Balaban J connectivity index is 1.29. The molecule has 0 radical (unpaired) electrons. The third-order valence-electron chi connectivity index (χ3n) is 7.77. The van der Waals surface area contributed by atoms with Crippen LogP contribution in [0.3, 0.4) is 0 Å². The molecule has 2 amide bonds. The molecule has 3 fully saturated rings. The van der Waals surface area contributed by atoms with Crippen LogP contribution in [0.1, 0.15) is 70.3 Å². The molecule has 2 aliphatic heterocycles. The van der Waals surface area contributed by atoms with Gasteiger partial charge in [-0.25, -0.2) is 8.42 Å². The topological polar surface area (TPSA) is 86.8 Å². The van der Waals surface area contributed by atoms with Crippen LogP contribution in [0.2, 0.25) is 0 Å². The van der Waals surface area contributed by atoms with Crippen molar-refractivity contribution in [3.05, 3.63) is 23.8 Å². The van der Waals surface area contributed by atoms with Crippen LogP contribution in [0.25, 0.3) is 0 Å². The zero-order chi connectivity index (χ0) is 23.2. The molecule has 180 valence electrons. The van der Waals surface area contributed by atoms with Gasteiger partial charge in [-0.1, -0.05) is 19.3 Å². The van der Waals surface area contributed by atoms with Crippen molar-refractivity contribution in [1.29, 1.82) is 0 Å². The molecule has 2 heterocycles. The van der Waals surface area contributed by atoms with Crippen LogP contribution in [0.4, 0.5) is 5.69 Å². The molecule has 5 rings (SSSR count). The summed E-state index contributed by atoms with van der Waals surface area (Å²) in [6.45, 7) is 2.70. The fraction of sp³-hybridized carbons (Fsp3) is 0.680. The van der Waals surface area contributed by atoms with Crippen molar-refractivity contribution >= 4 is 27.5 Å². The molecule has 1 saturated heterocycles. The van der Waals surface area contributed by atoms with E-state index in [0.29, 0.717) is 19.4 Å². The third-order valence-corrected chi connectivity index (χ3v) is 9.64. The first kappa shape index (κ1) is 22.8. The zero-order valence-electron chi connectivity index (χ0n) is 19.5. The third kappa shape index (κ3) is 4.56. The summed E-state index contributed by atoms with van der Waals surface area (Å²) in [6, 6.07) is 5.45. The second kappa shape index (κ2) is 9.02. The Bertz CT molecular complexity index is 1030. The maximum atomic E-state index is 13.5. The second-order valence-corrected chi connectivity index (χ2v) is 12.3. The number of nitrogens with zero attached hydrogens (tertiary/aromatic N) is 2. The minimum absolute atomic E-state index is 0.00110. The minimum atomic E-state index is -3.69. The lowest BCUT2D eigenvalue weighted by Crippen LogP contribution is -2.47. The van der Waals surface area contributed by atoms with Gasteiger partial charge in [-0.15, -0.1) is 0 Å². The molecule has 33 heavy (non-hydrogen) atoms. The predicted octanol–water partition coefficient (Wildman–Crippen LogP) is 3.22. The average molecular weight is 474 g/mol. The molecule has 0 aromatic heterocycles. The molecule has 8 heteroatoms. The van der Waals surface area contributed by atoms with E-state index in [1.807, 2.05) is 11.8 Å². The Morgan fingerprint density at radius 3 is 2.45 bits per heavy atom. The number of nitrogens with one attached hydrogen (secondary N) is 1. The normalized spacial score (nSPS) is 26.8. The smallest absolute Gasteiger partial charge is 0.243 e. The number of carbonyl (C=O) groups is 2. The number of hydrogen-bond acceptors (Lipinski definition) is 4. The van der Waals surface area contributed by atoms with Crippen LogP contribution in [-0.2, 0) is 26.0 Å². The lowest BCUT2D eigenvalue weighted by Gasteiger charge is -2.33. The molecular weight excluding hydrogens is 438 g/mol. The van der Waals surface area contributed by atoms with Gasteiger partial charge in [0.15, 0.2) is 0 Å². The van der Waals surface area contributed by atoms with E-state index < -0.39 is 10.0 Å². The number of hydrogen-bond donors (Lipinski definition) is 1. The van der Waals surface area contributed by atoms with Gasteiger partial charge in [0.1, 0.15) is 0 Å². The first-order chi connectivity index (χ1) is 15.8. The van der Waals surface area contributed by atoms with Crippen molar-refractivity contribution in [3.63, 3.8) is 0 Å². The number of piperidine rings is 1. The van der Waals surface area contributed by atoms with Gasteiger partial charge >= 0.3 is 0 Å². The quantitative estimate of drug-likeness (QED) is 0.711. The molecule has 4 aliphatic rings. The summed E-state index contributed by atoms with van der Waals surface area (Å²) >= 11 is 0. The van der Waals surface area contributed by atoms with Crippen LogP contribution in [0.5, 0.6) is 0 Å². The van der Waals surface area contributed by atoms with Gasteiger partial charge in [-0.3, -0.25) is 9.59 Å². The van der Waals surface area contributed by atoms with Crippen LogP contribution >= 0.6 is 0 Å². The summed E-state index contributed by atoms with van der Waals surface area (Å²) in [6.07, 6.45) is 9.56. The van der Waals surface area contributed by atoms with Crippen molar-refractivity contribution in [2.45, 2.75) is 88.1 Å². The van der Waals surface area contributed by atoms with Crippen molar-refractivity contribution in [1.82, 2.24) is 9.62 Å². The average Bonchev–Trinajstić information content (AvgIpc) is 3.61. The molecule has 2 aliphatic carbocycles. The molecule has 1 aromatic carbocycles. The van der Waals surface area contributed by atoms with E-state index in [4.69, 9.17) is 0 Å². The second-order valence-electron chi connectivity index (χ2n) is 10.4.